The largest absolute Gasteiger partial charge is 0.497 e. The van der Waals surface area contributed by atoms with Gasteiger partial charge >= 0.3 is 0 Å². The van der Waals surface area contributed by atoms with E-state index < -0.39 is 0 Å². The summed E-state index contributed by atoms with van der Waals surface area (Å²) in [6.45, 7) is 9.94. The molecule has 4 heteroatoms. The van der Waals surface area contributed by atoms with Crippen LogP contribution in [0.1, 0.15) is 20.3 Å². The van der Waals surface area contributed by atoms with Gasteiger partial charge < -0.3 is 15.4 Å². The second-order valence-electron chi connectivity index (χ2n) is 6.22. The summed E-state index contributed by atoms with van der Waals surface area (Å²) in [7, 11) is 1.70. The first-order valence-electron chi connectivity index (χ1n) is 7.97. The van der Waals surface area contributed by atoms with Crippen LogP contribution in [0.3, 0.4) is 0 Å². The fourth-order valence-corrected chi connectivity index (χ4v) is 2.69. The molecule has 0 spiro atoms. The van der Waals surface area contributed by atoms with E-state index in [0.29, 0.717) is 12.0 Å². The lowest BCUT2D eigenvalue weighted by molar-refractivity contribution is 0.241. The van der Waals surface area contributed by atoms with Gasteiger partial charge in [-0.1, -0.05) is 13.8 Å². The molecule has 1 atom stereocenters. The van der Waals surface area contributed by atoms with E-state index in [4.69, 9.17) is 10.5 Å². The van der Waals surface area contributed by atoms with Crippen LogP contribution < -0.4 is 15.4 Å². The Labute approximate surface area is 128 Å². The number of hydrogen-bond donors (Lipinski definition) is 1. The van der Waals surface area contributed by atoms with Gasteiger partial charge in [-0.25, -0.2) is 0 Å². The average Bonchev–Trinajstić information content (AvgIpc) is 2.53. The SMILES string of the molecule is COc1ccc(N2CCN(CCC(N)C(C)C)CC2)cc1. The van der Waals surface area contributed by atoms with Crippen LogP contribution in [0.5, 0.6) is 5.75 Å². The lowest BCUT2D eigenvalue weighted by Gasteiger charge is -2.36. The van der Waals surface area contributed by atoms with Gasteiger partial charge in [0.25, 0.3) is 0 Å². The number of hydrogen-bond acceptors (Lipinski definition) is 4. The molecule has 0 radical (unpaired) electrons. The van der Waals surface area contributed by atoms with Crippen LogP contribution in [0.15, 0.2) is 24.3 Å². The minimum absolute atomic E-state index is 0.324. The first-order chi connectivity index (χ1) is 10.1. The van der Waals surface area contributed by atoms with Gasteiger partial charge in [0.15, 0.2) is 0 Å². The van der Waals surface area contributed by atoms with E-state index in [0.717, 1.165) is 44.9 Å². The second-order valence-corrected chi connectivity index (χ2v) is 6.22. The predicted molar refractivity (Wildman–Crippen MR) is 89.1 cm³/mol. The third kappa shape index (κ3) is 4.61. The van der Waals surface area contributed by atoms with Gasteiger partial charge in [0.1, 0.15) is 5.75 Å². The Hall–Kier alpha value is -1.26. The molecule has 0 bridgehead atoms. The van der Waals surface area contributed by atoms with Crippen LogP contribution in [0.4, 0.5) is 5.69 Å². The highest BCUT2D eigenvalue weighted by Gasteiger charge is 2.18. The minimum atomic E-state index is 0.324. The molecule has 1 aliphatic rings. The van der Waals surface area contributed by atoms with Crippen LogP contribution in [0.25, 0.3) is 0 Å². The van der Waals surface area contributed by atoms with Crippen LogP contribution >= 0.6 is 0 Å². The van der Waals surface area contributed by atoms with Crippen molar-refractivity contribution in [1.82, 2.24) is 4.90 Å². The Morgan fingerprint density at radius 1 is 1.10 bits per heavy atom. The van der Waals surface area contributed by atoms with Crippen molar-refractivity contribution in [2.75, 3.05) is 44.7 Å². The summed E-state index contributed by atoms with van der Waals surface area (Å²) in [6, 6.07) is 8.67. The van der Waals surface area contributed by atoms with Gasteiger partial charge in [0.2, 0.25) is 0 Å². The van der Waals surface area contributed by atoms with Gasteiger partial charge in [0, 0.05) is 37.9 Å². The standard InChI is InChI=1S/C17H29N3O/c1-14(2)17(18)8-9-19-10-12-20(13-11-19)15-4-6-16(21-3)7-5-15/h4-7,14,17H,8-13,18H2,1-3H3. The summed E-state index contributed by atoms with van der Waals surface area (Å²) in [6.07, 6.45) is 1.10. The number of piperazine rings is 1. The second kappa shape index (κ2) is 7.66. The third-order valence-corrected chi connectivity index (χ3v) is 4.44. The Morgan fingerprint density at radius 2 is 1.71 bits per heavy atom. The summed E-state index contributed by atoms with van der Waals surface area (Å²) in [5.74, 6) is 1.49. The van der Waals surface area contributed by atoms with Gasteiger partial charge in [-0.05, 0) is 43.1 Å². The molecule has 0 aromatic heterocycles. The van der Waals surface area contributed by atoms with Crippen molar-refractivity contribution in [2.24, 2.45) is 11.7 Å². The lowest BCUT2D eigenvalue weighted by atomic mass is 10.0. The highest BCUT2D eigenvalue weighted by Crippen LogP contribution is 2.20. The Morgan fingerprint density at radius 3 is 2.24 bits per heavy atom. The van der Waals surface area contributed by atoms with Crippen molar-refractivity contribution in [1.29, 1.82) is 0 Å². The van der Waals surface area contributed by atoms with E-state index in [1.807, 2.05) is 12.1 Å². The molecular formula is C17H29N3O. The molecule has 1 unspecified atom stereocenters. The quantitative estimate of drug-likeness (QED) is 0.872. The molecule has 1 aromatic carbocycles. The van der Waals surface area contributed by atoms with Gasteiger partial charge in [0.05, 0.1) is 7.11 Å². The maximum absolute atomic E-state index is 6.13. The van der Waals surface area contributed by atoms with E-state index in [1.165, 1.54) is 5.69 Å². The van der Waals surface area contributed by atoms with E-state index in [1.54, 1.807) is 7.11 Å². The first kappa shape index (κ1) is 16.1. The lowest BCUT2D eigenvalue weighted by Crippen LogP contribution is -2.47. The number of rotatable bonds is 6. The summed E-state index contributed by atoms with van der Waals surface area (Å²) in [5.41, 5.74) is 7.42. The maximum Gasteiger partial charge on any atom is 0.119 e. The summed E-state index contributed by atoms with van der Waals surface area (Å²) < 4.78 is 5.21. The van der Waals surface area contributed by atoms with Gasteiger partial charge in [-0.15, -0.1) is 0 Å². The highest BCUT2D eigenvalue weighted by atomic mass is 16.5. The molecule has 1 heterocycles. The zero-order chi connectivity index (χ0) is 15.2. The number of nitrogens with zero attached hydrogens (tertiary/aromatic N) is 2. The van der Waals surface area contributed by atoms with E-state index in [2.05, 4.69) is 35.8 Å². The van der Waals surface area contributed by atoms with Crippen molar-refractivity contribution in [2.45, 2.75) is 26.3 Å². The zero-order valence-corrected chi connectivity index (χ0v) is 13.6. The Balaban J connectivity index is 1.77. The number of anilines is 1. The molecule has 21 heavy (non-hydrogen) atoms. The number of methoxy groups -OCH3 is 1. The summed E-state index contributed by atoms with van der Waals surface area (Å²) >= 11 is 0. The van der Waals surface area contributed by atoms with Crippen LogP contribution in [-0.2, 0) is 0 Å². The molecule has 1 fully saturated rings. The smallest absolute Gasteiger partial charge is 0.119 e. The van der Waals surface area contributed by atoms with Crippen molar-refractivity contribution in [3.8, 4) is 5.75 Å². The molecule has 0 saturated carbocycles. The van der Waals surface area contributed by atoms with Crippen LogP contribution in [0, 0.1) is 5.92 Å². The van der Waals surface area contributed by atoms with Crippen molar-refractivity contribution in [3.63, 3.8) is 0 Å². The van der Waals surface area contributed by atoms with E-state index in [-0.39, 0.29) is 0 Å². The van der Waals surface area contributed by atoms with Crippen LogP contribution in [0.2, 0.25) is 0 Å². The first-order valence-corrected chi connectivity index (χ1v) is 7.97. The van der Waals surface area contributed by atoms with Gasteiger partial charge in [-0.2, -0.15) is 0 Å². The molecule has 1 aliphatic heterocycles. The fourth-order valence-electron chi connectivity index (χ4n) is 2.69. The molecule has 2 rings (SSSR count). The number of ether oxygens (including phenoxy) is 1. The molecule has 1 saturated heterocycles. The van der Waals surface area contributed by atoms with E-state index in [9.17, 15) is 0 Å². The van der Waals surface area contributed by atoms with Crippen molar-refractivity contribution >= 4 is 5.69 Å². The molecule has 1 aromatic rings. The van der Waals surface area contributed by atoms with Gasteiger partial charge in [-0.3, -0.25) is 4.90 Å². The molecule has 0 amide bonds. The minimum Gasteiger partial charge on any atom is -0.497 e. The Bertz CT molecular complexity index is 411. The third-order valence-electron chi connectivity index (χ3n) is 4.44. The maximum atomic E-state index is 6.13. The highest BCUT2D eigenvalue weighted by molar-refractivity contribution is 5.49. The monoisotopic (exact) mass is 291 g/mol. The zero-order valence-electron chi connectivity index (χ0n) is 13.6. The number of nitrogens with two attached hydrogens (primary N) is 1. The van der Waals surface area contributed by atoms with Crippen molar-refractivity contribution < 1.29 is 4.74 Å². The molecule has 0 aliphatic carbocycles. The fraction of sp³-hybridized carbons (Fsp3) is 0.647. The molecule has 118 valence electrons. The summed E-state index contributed by atoms with van der Waals surface area (Å²) in [5, 5.41) is 0. The predicted octanol–water partition coefficient (Wildman–Crippen LogP) is 2.19. The average molecular weight is 291 g/mol. The Kier molecular flexibility index (Phi) is 5.88. The topological polar surface area (TPSA) is 41.7 Å². The van der Waals surface area contributed by atoms with Crippen LogP contribution in [-0.4, -0.2) is 50.8 Å². The van der Waals surface area contributed by atoms with E-state index >= 15 is 0 Å². The molecule has 2 N–H and O–H groups in total. The van der Waals surface area contributed by atoms with Crippen molar-refractivity contribution in [3.05, 3.63) is 24.3 Å². The molecule has 4 nitrogen and oxygen atoms in total. The number of benzene rings is 1. The summed E-state index contributed by atoms with van der Waals surface area (Å²) in [4.78, 5) is 4.97. The molecular weight excluding hydrogens is 262 g/mol. The normalized spacial score (nSPS) is 18.0.